The normalized spacial score (nSPS) is 17.1. The van der Waals surface area contributed by atoms with E-state index in [-0.39, 0.29) is 34.2 Å². The molecule has 242 valence electrons. The molecule has 0 bridgehead atoms. The van der Waals surface area contributed by atoms with E-state index in [1.165, 1.54) is 30.3 Å². The second-order valence-electron chi connectivity index (χ2n) is 12.0. The summed E-state index contributed by atoms with van der Waals surface area (Å²) in [5.41, 5.74) is 3.47. The van der Waals surface area contributed by atoms with Crippen LogP contribution in [-0.2, 0) is 22.7 Å². The van der Waals surface area contributed by atoms with E-state index in [2.05, 4.69) is 28.5 Å². The number of nitrogens with one attached hydrogen (secondary N) is 1. The summed E-state index contributed by atoms with van der Waals surface area (Å²) in [4.78, 5) is 22.1. The number of aryl methyl sites for hydroxylation is 2. The highest BCUT2D eigenvalue weighted by molar-refractivity contribution is 7.92. The zero-order chi connectivity index (χ0) is 33.4. The molecule has 2 heterocycles. The molecule has 1 aliphatic heterocycles. The lowest BCUT2D eigenvalue weighted by Gasteiger charge is -2.41. The average molecular weight is 653 g/mol. The molecule has 4 aromatic rings. The molecule has 46 heavy (non-hydrogen) atoms. The van der Waals surface area contributed by atoms with Crippen molar-refractivity contribution in [2.45, 2.75) is 63.9 Å². The zero-order valence-corrected chi connectivity index (χ0v) is 26.9. The molecule has 0 unspecified atom stereocenters. The lowest BCUT2D eigenvalue weighted by atomic mass is 9.86. The van der Waals surface area contributed by atoms with Crippen molar-refractivity contribution in [3.05, 3.63) is 100 Å². The van der Waals surface area contributed by atoms with Gasteiger partial charge >= 0.3 is 6.18 Å². The molecule has 0 spiro atoms. The number of benzene rings is 3. The van der Waals surface area contributed by atoms with E-state index in [1.807, 2.05) is 44.0 Å². The van der Waals surface area contributed by atoms with Crippen molar-refractivity contribution in [2.75, 3.05) is 11.8 Å². The van der Waals surface area contributed by atoms with Crippen LogP contribution in [0.3, 0.4) is 0 Å². The van der Waals surface area contributed by atoms with E-state index in [0.717, 1.165) is 28.8 Å². The first-order valence-electron chi connectivity index (χ1n) is 14.8. The maximum atomic E-state index is 13.6. The Kier molecular flexibility index (Phi) is 9.23. The van der Waals surface area contributed by atoms with Crippen LogP contribution in [0.5, 0.6) is 5.88 Å². The van der Waals surface area contributed by atoms with E-state index in [4.69, 9.17) is 4.74 Å². The quantitative estimate of drug-likeness (QED) is 0.188. The minimum absolute atomic E-state index is 0.0481. The smallest absolute Gasteiger partial charge is 0.416 e. The van der Waals surface area contributed by atoms with Crippen molar-refractivity contribution in [3.63, 3.8) is 0 Å². The number of aldehydes is 1. The van der Waals surface area contributed by atoms with Gasteiger partial charge in [-0.2, -0.15) is 18.2 Å². The monoisotopic (exact) mass is 652 g/mol. The van der Waals surface area contributed by atoms with Crippen LogP contribution in [0.15, 0.2) is 71.6 Å². The van der Waals surface area contributed by atoms with Crippen molar-refractivity contribution < 1.29 is 31.1 Å². The number of likely N-dealkylation sites (N-methyl/N-ethyl adjacent to an activating group) is 1. The third-order valence-electron chi connectivity index (χ3n) is 8.04. The molecule has 0 fully saturated rings. The first-order chi connectivity index (χ1) is 21.7. The summed E-state index contributed by atoms with van der Waals surface area (Å²) in [6, 6.07) is 16.3. The molecule has 0 radical (unpaired) electrons. The molecular formula is C34H35F3N4O4S. The number of aromatic nitrogens is 2. The summed E-state index contributed by atoms with van der Waals surface area (Å²) in [5, 5.41) is 0. The standard InChI is InChI=1S/C34H35F3N4O4S/c1-20(2)14-29-32(27-13-12-25(34(35,36)37)16-24(27)18-41(29)5)45-30-17-28(31-21(3)8-6-9-22(31)4)38-33(39-30)40-46(43,44)26-11-7-10-23(15-26)19-42/h6-13,15-17,19-20,29,32H,14,18H2,1-5H3,(H,38,39,40)/t29-,32+/m1/s1. The molecule has 0 amide bonds. The van der Waals surface area contributed by atoms with Gasteiger partial charge in [0.1, 0.15) is 12.4 Å². The molecule has 1 aromatic heterocycles. The molecule has 1 N–H and O–H groups in total. The molecule has 0 saturated carbocycles. The number of hydrogen-bond donors (Lipinski definition) is 1. The lowest BCUT2D eigenvalue weighted by Crippen LogP contribution is -2.44. The molecule has 2 atom stereocenters. The Bertz CT molecular complexity index is 1860. The van der Waals surface area contributed by atoms with Gasteiger partial charge in [-0.3, -0.25) is 9.69 Å². The van der Waals surface area contributed by atoms with Gasteiger partial charge in [-0.1, -0.05) is 50.2 Å². The number of carbonyl (C=O) groups is 1. The average Bonchev–Trinajstić information content (AvgIpc) is 2.97. The number of halogens is 3. The van der Waals surface area contributed by atoms with Gasteiger partial charge in [0.25, 0.3) is 10.0 Å². The molecule has 0 aliphatic carbocycles. The van der Waals surface area contributed by atoms with E-state index in [0.29, 0.717) is 36.1 Å². The van der Waals surface area contributed by atoms with E-state index in [9.17, 15) is 26.4 Å². The summed E-state index contributed by atoms with van der Waals surface area (Å²) in [5.74, 6) is 0.0328. The predicted molar refractivity (Wildman–Crippen MR) is 169 cm³/mol. The Hall–Kier alpha value is -4.29. The number of nitrogens with zero attached hydrogens (tertiary/aromatic N) is 3. The Morgan fingerprint density at radius 2 is 1.72 bits per heavy atom. The summed E-state index contributed by atoms with van der Waals surface area (Å²) in [6.45, 7) is 8.23. The second-order valence-corrected chi connectivity index (χ2v) is 13.7. The number of alkyl halides is 3. The SMILES string of the molecule is Cc1cccc(C)c1-c1cc(O[C@H]2c3ccc(C(F)(F)F)cc3CN(C)[C@@H]2CC(C)C)nc(NS(=O)(=O)c2cccc(C=O)c2)n1. The van der Waals surface area contributed by atoms with Crippen molar-refractivity contribution in [1.82, 2.24) is 14.9 Å². The van der Waals surface area contributed by atoms with Gasteiger partial charge < -0.3 is 4.74 Å². The Morgan fingerprint density at radius 1 is 1.02 bits per heavy atom. The van der Waals surface area contributed by atoms with Crippen molar-refractivity contribution in [3.8, 4) is 17.1 Å². The maximum Gasteiger partial charge on any atom is 0.416 e. The Labute approximate surface area is 266 Å². The fraction of sp³-hybridized carbons (Fsp3) is 0.324. The fourth-order valence-corrected chi connectivity index (χ4v) is 6.89. The summed E-state index contributed by atoms with van der Waals surface area (Å²) in [7, 11) is -2.37. The number of ether oxygens (including phenoxy) is 1. The van der Waals surface area contributed by atoms with Crippen molar-refractivity contribution >= 4 is 22.3 Å². The topological polar surface area (TPSA) is 101 Å². The number of rotatable bonds is 9. The number of carbonyl (C=O) groups excluding carboxylic acids is 1. The number of fused-ring (bicyclic) bond motifs is 1. The molecule has 3 aromatic carbocycles. The van der Waals surface area contributed by atoms with Crippen LogP contribution in [0.2, 0.25) is 0 Å². The van der Waals surface area contributed by atoms with Crippen LogP contribution < -0.4 is 9.46 Å². The van der Waals surface area contributed by atoms with Crippen LogP contribution in [0.1, 0.15) is 64.5 Å². The van der Waals surface area contributed by atoms with Crippen LogP contribution in [0.25, 0.3) is 11.3 Å². The first-order valence-corrected chi connectivity index (χ1v) is 16.2. The third-order valence-corrected chi connectivity index (χ3v) is 9.37. The molecule has 8 nitrogen and oxygen atoms in total. The van der Waals surface area contributed by atoms with E-state index < -0.39 is 27.9 Å². The second kappa shape index (κ2) is 12.8. The van der Waals surface area contributed by atoms with Crippen LogP contribution in [0.4, 0.5) is 19.1 Å². The van der Waals surface area contributed by atoms with Gasteiger partial charge in [0, 0.05) is 23.7 Å². The molecule has 12 heteroatoms. The highest BCUT2D eigenvalue weighted by atomic mass is 32.2. The van der Waals surface area contributed by atoms with Crippen LogP contribution in [0, 0.1) is 19.8 Å². The molecular weight excluding hydrogens is 617 g/mol. The highest BCUT2D eigenvalue weighted by Gasteiger charge is 2.38. The third kappa shape index (κ3) is 7.07. The van der Waals surface area contributed by atoms with Crippen molar-refractivity contribution in [2.24, 2.45) is 5.92 Å². The van der Waals surface area contributed by atoms with Gasteiger partial charge in [0.2, 0.25) is 11.8 Å². The summed E-state index contributed by atoms with van der Waals surface area (Å²) in [6.07, 6.45) is -3.98. The number of sulfonamides is 1. The van der Waals surface area contributed by atoms with Gasteiger partial charge in [-0.25, -0.2) is 18.1 Å². The van der Waals surface area contributed by atoms with E-state index >= 15 is 0 Å². The first kappa shape index (κ1) is 33.1. The zero-order valence-electron chi connectivity index (χ0n) is 26.1. The van der Waals surface area contributed by atoms with Gasteiger partial charge in [0.05, 0.1) is 22.2 Å². The predicted octanol–water partition coefficient (Wildman–Crippen LogP) is 7.37. The molecule has 1 aliphatic rings. The largest absolute Gasteiger partial charge is 0.468 e. The van der Waals surface area contributed by atoms with Gasteiger partial charge in [-0.05, 0) is 79.8 Å². The lowest BCUT2D eigenvalue weighted by molar-refractivity contribution is -0.137. The highest BCUT2D eigenvalue weighted by Crippen LogP contribution is 2.40. The number of hydrogen-bond acceptors (Lipinski definition) is 7. The minimum atomic E-state index is -4.50. The van der Waals surface area contributed by atoms with Crippen molar-refractivity contribution in [1.29, 1.82) is 0 Å². The summed E-state index contributed by atoms with van der Waals surface area (Å²) >= 11 is 0. The maximum absolute atomic E-state index is 13.6. The van der Waals surface area contributed by atoms with Gasteiger partial charge in [-0.15, -0.1) is 0 Å². The van der Waals surface area contributed by atoms with Gasteiger partial charge in [0.15, 0.2) is 0 Å². The Morgan fingerprint density at radius 3 is 2.37 bits per heavy atom. The van der Waals surface area contributed by atoms with Crippen LogP contribution >= 0.6 is 0 Å². The number of anilines is 1. The Balaban J connectivity index is 1.63. The molecule has 0 saturated heterocycles. The fourth-order valence-electron chi connectivity index (χ4n) is 5.89. The summed E-state index contributed by atoms with van der Waals surface area (Å²) < 4.78 is 76.7. The van der Waals surface area contributed by atoms with Crippen LogP contribution in [-0.4, -0.2) is 42.7 Å². The van der Waals surface area contributed by atoms with E-state index in [1.54, 1.807) is 6.07 Å². The minimum Gasteiger partial charge on any atom is -0.468 e. The molecule has 5 rings (SSSR count).